The Morgan fingerprint density at radius 2 is 2.25 bits per heavy atom. The number of aliphatic hydroxyl groups excluding tert-OH is 1. The fourth-order valence-electron chi connectivity index (χ4n) is 1.01. The zero-order chi connectivity index (χ0) is 12.4. The molecule has 0 aliphatic carbocycles. The van der Waals surface area contributed by atoms with Crippen LogP contribution in [0.1, 0.15) is 6.92 Å². The lowest BCUT2D eigenvalue weighted by atomic mass is 10.1. The zero-order valence-electron chi connectivity index (χ0n) is 9.08. The SMILES string of the molecule is Cn1nccc1S(=O)(=O)NCC(C)(O)CO. The summed E-state index contributed by atoms with van der Waals surface area (Å²) in [6, 6.07) is 1.34. The van der Waals surface area contributed by atoms with E-state index in [1.165, 1.54) is 30.9 Å². The maximum Gasteiger partial charge on any atom is 0.257 e. The second kappa shape index (κ2) is 4.50. The first-order valence-corrected chi connectivity index (χ1v) is 6.08. The lowest BCUT2D eigenvalue weighted by Crippen LogP contribution is -2.43. The van der Waals surface area contributed by atoms with Gasteiger partial charge in [0.05, 0.1) is 18.4 Å². The maximum atomic E-state index is 11.7. The number of aromatic nitrogens is 2. The van der Waals surface area contributed by atoms with Gasteiger partial charge in [-0.15, -0.1) is 0 Å². The molecular formula is C8H15N3O4S. The van der Waals surface area contributed by atoms with E-state index in [1.807, 2.05) is 0 Å². The van der Waals surface area contributed by atoms with Crippen LogP contribution in [0.3, 0.4) is 0 Å². The van der Waals surface area contributed by atoms with Gasteiger partial charge < -0.3 is 10.2 Å². The fourth-order valence-corrected chi connectivity index (χ4v) is 2.29. The van der Waals surface area contributed by atoms with E-state index in [9.17, 15) is 13.5 Å². The smallest absolute Gasteiger partial charge is 0.257 e. The van der Waals surface area contributed by atoms with Gasteiger partial charge in [0.2, 0.25) is 0 Å². The summed E-state index contributed by atoms with van der Waals surface area (Å²) in [7, 11) is -2.21. The van der Waals surface area contributed by atoms with Crippen LogP contribution in [0, 0.1) is 0 Å². The minimum atomic E-state index is -3.71. The van der Waals surface area contributed by atoms with E-state index in [1.54, 1.807) is 0 Å². The number of hydrogen-bond acceptors (Lipinski definition) is 5. The first-order chi connectivity index (χ1) is 7.28. The predicted octanol–water partition coefficient (Wildman–Crippen LogP) is -1.56. The van der Waals surface area contributed by atoms with Crippen LogP contribution < -0.4 is 4.72 Å². The van der Waals surface area contributed by atoms with Gasteiger partial charge in [0.1, 0.15) is 0 Å². The second-order valence-electron chi connectivity index (χ2n) is 3.77. The lowest BCUT2D eigenvalue weighted by Gasteiger charge is -2.20. The van der Waals surface area contributed by atoms with Gasteiger partial charge in [0.15, 0.2) is 5.03 Å². The van der Waals surface area contributed by atoms with E-state index < -0.39 is 22.2 Å². The number of nitrogens with zero attached hydrogens (tertiary/aromatic N) is 2. The Hall–Kier alpha value is -0.960. The Kier molecular flexibility index (Phi) is 3.68. The van der Waals surface area contributed by atoms with Gasteiger partial charge in [-0.2, -0.15) is 5.10 Å². The van der Waals surface area contributed by atoms with Gasteiger partial charge in [-0.25, -0.2) is 13.1 Å². The van der Waals surface area contributed by atoms with Crippen molar-refractivity contribution in [3.63, 3.8) is 0 Å². The fraction of sp³-hybridized carbons (Fsp3) is 0.625. The predicted molar refractivity (Wildman–Crippen MR) is 56.1 cm³/mol. The van der Waals surface area contributed by atoms with Crippen LogP contribution >= 0.6 is 0 Å². The van der Waals surface area contributed by atoms with Crippen molar-refractivity contribution in [1.29, 1.82) is 0 Å². The number of nitrogens with one attached hydrogen (secondary N) is 1. The highest BCUT2D eigenvalue weighted by Crippen LogP contribution is 2.07. The number of aliphatic hydroxyl groups is 2. The van der Waals surface area contributed by atoms with Crippen molar-refractivity contribution in [2.45, 2.75) is 17.6 Å². The van der Waals surface area contributed by atoms with Gasteiger partial charge >= 0.3 is 0 Å². The highest BCUT2D eigenvalue weighted by Gasteiger charge is 2.24. The molecule has 1 aromatic rings. The molecule has 1 unspecified atom stereocenters. The molecule has 1 aromatic heterocycles. The average Bonchev–Trinajstić information content (AvgIpc) is 2.63. The van der Waals surface area contributed by atoms with Gasteiger partial charge in [0.25, 0.3) is 10.0 Å². The summed E-state index contributed by atoms with van der Waals surface area (Å²) in [4.78, 5) is 0. The van der Waals surface area contributed by atoms with Crippen LogP contribution in [0.25, 0.3) is 0 Å². The molecule has 1 heterocycles. The van der Waals surface area contributed by atoms with E-state index in [0.717, 1.165) is 0 Å². The summed E-state index contributed by atoms with van der Waals surface area (Å²) in [5, 5.41) is 22.0. The number of sulfonamides is 1. The Morgan fingerprint density at radius 3 is 2.69 bits per heavy atom. The molecule has 0 aromatic carbocycles. The van der Waals surface area contributed by atoms with Gasteiger partial charge in [-0.3, -0.25) is 4.68 Å². The molecule has 0 amide bonds. The topological polar surface area (TPSA) is 104 Å². The summed E-state index contributed by atoms with van der Waals surface area (Å²) in [5.74, 6) is 0. The van der Waals surface area contributed by atoms with E-state index in [2.05, 4.69) is 9.82 Å². The van der Waals surface area contributed by atoms with Crippen molar-refractivity contribution in [3.8, 4) is 0 Å². The third-order valence-corrected chi connectivity index (χ3v) is 3.51. The van der Waals surface area contributed by atoms with Crippen LogP contribution in [-0.2, 0) is 17.1 Å². The Labute approximate surface area is 93.8 Å². The summed E-state index contributed by atoms with van der Waals surface area (Å²) in [5.41, 5.74) is -1.48. The van der Waals surface area contributed by atoms with Crippen molar-refractivity contribution < 1.29 is 18.6 Å². The quantitative estimate of drug-likeness (QED) is 0.585. The van der Waals surface area contributed by atoms with Crippen molar-refractivity contribution in [1.82, 2.24) is 14.5 Å². The summed E-state index contributed by atoms with van der Waals surface area (Å²) in [6.07, 6.45) is 1.36. The Bertz CT molecular complexity index is 452. The summed E-state index contributed by atoms with van der Waals surface area (Å²) >= 11 is 0. The molecule has 0 spiro atoms. The molecular weight excluding hydrogens is 234 g/mol. The summed E-state index contributed by atoms with van der Waals surface area (Å²) in [6.45, 7) is 0.538. The number of rotatable bonds is 5. The normalized spacial score (nSPS) is 16.0. The molecule has 0 radical (unpaired) electrons. The Balaban J connectivity index is 2.79. The van der Waals surface area contributed by atoms with Crippen LogP contribution in [0.15, 0.2) is 17.3 Å². The van der Waals surface area contributed by atoms with Crippen molar-refractivity contribution >= 4 is 10.0 Å². The maximum absolute atomic E-state index is 11.7. The molecule has 7 nitrogen and oxygen atoms in total. The summed E-state index contributed by atoms with van der Waals surface area (Å²) < 4.78 is 26.8. The molecule has 0 saturated carbocycles. The molecule has 16 heavy (non-hydrogen) atoms. The second-order valence-corrected chi connectivity index (χ2v) is 5.49. The standard InChI is InChI=1S/C8H15N3O4S/c1-8(13,6-12)5-10-16(14,15)7-3-4-9-11(7)2/h3-4,10,12-13H,5-6H2,1-2H3. The largest absolute Gasteiger partial charge is 0.393 e. The van der Waals surface area contributed by atoms with Crippen LogP contribution in [0.5, 0.6) is 0 Å². The number of hydrogen-bond donors (Lipinski definition) is 3. The lowest BCUT2D eigenvalue weighted by molar-refractivity contribution is 0.00679. The van der Waals surface area contributed by atoms with Crippen molar-refractivity contribution in [2.75, 3.05) is 13.2 Å². The molecule has 0 saturated heterocycles. The van der Waals surface area contributed by atoms with Crippen LogP contribution in [0.4, 0.5) is 0 Å². The third kappa shape index (κ3) is 3.01. The van der Waals surface area contributed by atoms with Crippen molar-refractivity contribution in [2.24, 2.45) is 7.05 Å². The Morgan fingerprint density at radius 1 is 1.62 bits per heavy atom. The average molecular weight is 249 g/mol. The highest BCUT2D eigenvalue weighted by atomic mass is 32.2. The van der Waals surface area contributed by atoms with Gasteiger partial charge in [0, 0.05) is 13.6 Å². The third-order valence-electron chi connectivity index (χ3n) is 2.03. The van der Waals surface area contributed by atoms with E-state index in [4.69, 9.17) is 5.11 Å². The first kappa shape index (κ1) is 13.1. The molecule has 3 N–H and O–H groups in total. The molecule has 0 bridgehead atoms. The van der Waals surface area contributed by atoms with E-state index >= 15 is 0 Å². The van der Waals surface area contributed by atoms with Crippen molar-refractivity contribution in [3.05, 3.63) is 12.3 Å². The molecule has 1 rings (SSSR count). The van der Waals surface area contributed by atoms with E-state index in [-0.39, 0.29) is 11.6 Å². The van der Waals surface area contributed by atoms with Crippen LogP contribution in [0.2, 0.25) is 0 Å². The molecule has 92 valence electrons. The van der Waals surface area contributed by atoms with E-state index in [0.29, 0.717) is 0 Å². The highest BCUT2D eigenvalue weighted by molar-refractivity contribution is 7.89. The zero-order valence-corrected chi connectivity index (χ0v) is 9.90. The number of aryl methyl sites for hydroxylation is 1. The molecule has 0 aliphatic rings. The molecule has 0 fully saturated rings. The van der Waals surface area contributed by atoms with Gasteiger partial charge in [-0.1, -0.05) is 0 Å². The van der Waals surface area contributed by atoms with Gasteiger partial charge in [-0.05, 0) is 13.0 Å². The molecule has 8 heteroatoms. The molecule has 1 atom stereocenters. The van der Waals surface area contributed by atoms with Crippen LogP contribution in [-0.4, -0.2) is 47.2 Å². The molecule has 0 aliphatic heterocycles. The minimum absolute atomic E-state index is 0.00115. The monoisotopic (exact) mass is 249 g/mol. The first-order valence-electron chi connectivity index (χ1n) is 4.59. The minimum Gasteiger partial charge on any atom is -0.393 e.